The average molecular weight is 376 g/mol. The molecule has 1 amide bonds. The van der Waals surface area contributed by atoms with Gasteiger partial charge < -0.3 is 10.6 Å². The fraction of sp³-hybridized carbons (Fsp3) is 0.227. The molecule has 0 radical (unpaired) electrons. The van der Waals surface area contributed by atoms with Crippen molar-refractivity contribution in [3.63, 3.8) is 0 Å². The highest BCUT2D eigenvalue weighted by molar-refractivity contribution is 5.95. The van der Waals surface area contributed by atoms with Gasteiger partial charge in [0.05, 0.1) is 11.1 Å². The Morgan fingerprint density at radius 1 is 1.11 bits per heavy atom. The zero-order valence-corrected chi connectivity index (χ0v) is 15.7. The Kier molecular flexibility index (Phi) is 6.70. The monoisotopic (exact) mass is 376 g/mol. The van der Waals surface area contributed by atoms with Crippen LogP contribution in [-0.2, 0) is 4.79 Å². The van der Waals surface area contributed by atoms with E-state index in [0.29, 0.717) is 23.2 Å². The fourth-order valence-electron chi connectivity index (χ4n) is 3.04. The first-order valence-corrected chi connectivity index (χ1v) is 9.38. The van der Waals surface area contributed by atoms with Gasteiger partial charge in [-0.25, -0.2) is 5.10 Å². The summed E-state index contributed by atoms with van der Waals surface area (Å²) in [6.07, 6.45) is 4.05. The third-order valence-electron chi connectivity index (χ3n) is 4.41. The molecule has 0 aliphatic rings. The zero-order chi connectivity index (χ0) is 19.8. The van der Waals surface area contributed by atoms with Gasteiger partial charge in [-0.2, -0.15) is 5.10 Å². The van der Waals surface area contributed by atoms with Crippen molar-refractivity contribution in [1.82, 2.24) is 15.5 Å². The lowest BCUT2D eigenvalue weighted by atomic mass is 10.0. The summed E-state index contributed by atoms with van der Waals surface area (Å²) in [6, 6.07) is 14.8. The highest BCUT2D eigenvalue weighted by Gasteiger charge is 2.09. The third kappa shape index (κ3) is 4.92. The number of rotatable bonds is 9. The molecule has 3 aromatic rings. The van der Waals surface area contributed by atoms with E-state index in [2.05, 4.69) is 27.4 Å². The van der Waals surface area contributed by atoms with Gasteiger partial charge in [-0.1, -0.05) is 36.4 Å². The summed E-state index contributed by atoms with van der Waals surface area (Å²) in [6.45, 7) is 5.31. The maximum Gasteiger partial charge on any atom is 0.272 e. The van der Waals surface area contributed by atoms with Crippen molar-refractivity contribution in [3.05, 3.63) is 71.5 Å². The van der Waals surface area contributed by atoms with Crippen molar-refractivity contribution in [1.29, 1.82) is 0 Å². The van der Waals surface area contributed by atoms with Crippen LogP contribution in [0.4, 0.5) is 5.69 Å². The minimum Gasteiger partial charge on any atom is -0.326 e. The first kappa shape index (κ1) is 19.5. The summed E-state index contributed by atoms with van der Waals surface area (Å²) in [5.74, 6) is -0.0137. The van der Waals surface area contributed by atoms with Crippen molar-refractivity contribution >= 4 is 22.4 Å². The smallest absolute Gasteiger partial charge is 0.272 e. The van der Waals surface area contributed by atoms with Crippen LogP contribution in [-0.4, -0.2) is 29.2 Å². The molecule has 0 spiro atoms. The van der Waals surface area contributed by atoms with E-state index in [4.69, 9.17) is 0 Å². The predicted octanol–water partition coefficient (Wildman–Crippen LogP) is 3.47. The van der Waals surface area contributed by atoms with E-state index in [-0.39, 0.29) is 11.5 Å². The standard InChI is InChI=1S/C22H24N4O2/c1-2-13-23-14-6-5-12-20(27)24-17-9-7-8-16(15-17)21-18-10-3-4-11-19(18)22(28)26-25-21/h2-4,7-11,15,23H,1,5-6,12-14H2,(H,24,27)(H,26,28). The molecule has 6 nitrogen and oxygen atoms in total. The van der Waals surface area contributed by atoms with Gasteiger partial charge in [0, 0.05) is 29.6 Å². The number of H-pyrrole nitrogens is 1. The number of benzene rings is 2. The van der Waals surface area contributed by atoms with Gasteiger partial charge in [-0.05, 0) is 37.6 Å². The maximum absolute atomic E-state index is 12.2. The van der Waals surface area contributed by atoms with Gasteiger partial charge in [0.25, 0.3) is 5.56 Å². The molecular formula is C22H24N4O2. The summed E-state index contributed by atoms with van der Waals surface area (Å²) < 4.78 is 0. The van der Waals surface area contributed by atoms with Crippen LogP contribution in [0, 0.1) is 0 Å². The molecule has 1 aromatic heterocycles. The summed E-state index contributed by atoms with van der Waals surface area (Å²) in [5, 5.41) is 14.3. The van der Waals surface area contributed by atoms with Gasteiger partial charge in [-0.15, -0.1) is 6.58 Å². The molecule has 28 heavy (non-hydrogen) atoms. The van der Waals surface area contributed by atoms with Crippen molar-refractivity contribution < 1.29 is 4.79 Å². The van der Waals surface area contributed by atoms with Crippen molar-refractivity contribution in [2.75, 3.05) is 18.4 Å². The van der Waals surface area contributed by atoms with E-state index in [1.807, 2.05) is 48.5 Å². The molecule has 0 fully saturated rings. The third-order valence-corrected chi connectivity index (χ3v) is 4.41. The molecule has 3 N–H and O–H groups in total. The normalized spacial score (nSPS) is 10.7. The largest absolute Gasteiger partial charge is 0.326 e. The second-order valence-electron chi connectivity index (χ2n) is 6.53. The number of fused-ring (bicyclic) bond motifs is 1. The Hall–Kier alpha value is -3.25. The molecule has 0 aliphatic carbocycles. The van der Waals surface area contributed by atoms with Crippen LogP contribution in [0.15, 0.2) is 66.0 Å². The molecule has 3 rings (SSSR count). The summed E-state index contributed by atoms with van der Waals surface area (Å²) in [7, 11) is 0. The van der Waals surface area contributed by atoms with Crippen LogP contribution < -0.4 is 16.2 Å². The van der Waals surface area contributed by atoms with E-state index in [9.17, 15) is 9.59 Å². The molecule has 0 bridgehead atoms. The summed E-state index contributed by atoms with van der Waals surface area (Å²) in [5.41, 5.74) is 2.01. The topological polar surface area (TPSA) is 86.9 Å². The molecule has 0 aliphatic heterocycles. The lowest BCUT2D eigenvalue weighted by molar-refractivity contribution is -0.116. The van der Waals surface area contributed by atoms with E-state index in [0.717, 1.165) is 36.9 Å². The molecule has 6 heteroatoms. The van der Waals surface area contributed by atoms with E-state index in [1.165, 1.54) is 0 Å². The predicted molar refractivity (Wildman–Crippen MR) is 113 cm³/mol. The van der Waals surface area contributed by atoms with Gasteiger partial charge >= 0.3 is 0 Å². The lowest BCUT2D eigenvalue weighted by Gasteiger charge is -2.09. The number of hydrogen-bond acceptors (Lipinski definition) is 4. The molecule has 0 saturated heterocycles. The fourth-order valence-corrected chi connectivity index (χ4v) is 3.04. The van der Waals surface area contributed by atoms with Crippen LogP contribution >= 0.6 is 0 Å². The number of aromatic amines is 1. The van der Waals surface area contributed by atoms with Crippen molar-refractivity contribution in [3.8, 4) is 11.3 Å². The van der Waals surface area contributed by atoms with Gasteiger partial charge in [-0.3, -0.25) is 9.59 Å². The number of unbranched alkanes of at least 4 members (excludes halogenated alkanes) is 1. The Morgan fingerprint density at radius 2 is 1.93 bits per heavy atom. The highest BCUT2D eigenvalue weighted by atomic mass is 16.1. The van der Waals surface area contributed by atoms with Crippen LogP contribution in [0.25, 0.3) is 22.0 Å². The van der Waals surface area contributed by atoms with Crippen LogP contribution in [0.2, 0.25) is 0 Å². The minimum atomic E-state index is -0.216. The number of nitrogens with one attached hydrogen (secondary N) is 3. The Bertz CT molecular complexity index is 1030. The van der Waals surface area contributed by atoms with E-state index in [1.54, 1.807) is 6.07 Å². The first-order chi connectivity index (χ1) is 13.7. The molecule has 0 atom stereocenters. The SMILES string of the molecule is C=CCNCCCCC(=O)Nc1cccc(-c2n[nH]c(=O)c3ccccc23)c1. The molecule has 0 unspecified atom stereocenters. The van der Waals surface area contributed by atoms with Crippen molar-refractivity contribution in [2.45, 2.75) is 19.3 Å². The lowest BCUT2D eigenvalue weighted by Crippen LogP contribution is -2.16. The van der Waals surface area contributed by atoms with Crippen LogP contribution in [0.1, 0.15) is 19.3 Å². The molecule has 0 saturated carbocycles. The zero-order valence-electron chi connectivity index (χ0n) is 15.7. The van der Waals surface area contributed by atoms with Crippen LogP contribution in [0.3, 0.4) is 0 Å². The molecular weight excluding hydrogens is 352 g/mol. The average Bonchev–Trinajstić information content (AvgIpc) is 2.71. The number of hydrogen-bond donors (Lipinski definition) is 3. The van der Waals surface area contributed by atoms with Gasteiger partial charge in [0.2, 0.25) is 5.91 Å². The number of aromatic nitrogens is 2. The van der Waals surface area contributed by atoms with Crippen LogP contribution in [0.5, 0.6) is 0 Å². The number of carbonyl (C=O) groups excluding carboxylic acids is 1. The second kappa shape index (κ2) is 9.62. The Morgan fingerprint density at radius 3 is 2.75 bits per heavy atom. The van der Waals surface area contributed by atoms with E-state index < -0.39 is 0 Å². The molecule has 2 aromatic carbocycles. The number of nitrogens with zero attached hydrogens (tertiary/aromatic N) is 1. The quantitative estimate of drug-likeness (QED) is 0.394. The van der Waals surface area contributed by atoms with E-state index >= 15 is 0 Å². The minimum absolute atomic E-state index is 0.0137. The Balaban J connectivity index is 1.68. The number of carbonyl (C=O) groups is 1. The summed E-state index contributed by atoms with van der Waals surface area (Å²) >= 11 is 0. The first-order valence-electron chi connectivity index (χ1n) is 9.38. The highest BCUT2D eigenvalue weighted by Crippen LogP contribution is 2.26. The number of amides is 1. The maximum atomic E-state index is 12.2. The van der Waals surface area contributed by atoms with Gasteiger partial charge in [0.15, 0.2) is 0 Å². The number of anilines is 1. The second-order valence-corrected chi connectivity index (χ2v) is 6.53. The molecule has 1 heterocycles. The summed E-state index contributed by atoms with van der Waals surface area (Å²) in [4.78, 5) is 24.2. The Labute approximate surface area is 163 Å². The van der Waals surface area contributed by atoms with Gasteiger partial charge in [0.1, 0.15) is 0 Å². The molecule has 144 valence electrons. The van der Waals surface area contributed by atoms with Crippen molar-refractivity contribution in [2.24, 2.45) is 0 Å².